The summed E-state index contributed by atoms with van der Waals surface area (Å²) in [6, 6.07) is 30.9. The molecule has 0 atom stereocenters. The van der Waals surface area contributed by atoms with Crippen molar-refractivity contribution in [1.82, 2.24) is 0 Å². The minimum Gasteiger partial charge on any atom is -0.496 e. The number of carbonyl (C=O) groups is 1. The minimum absolute atomic E-state index is 0.168. The molecule has 0 aliphatic carbocycles. The summed E-state index contributed by atoms with van der Waals surface area (Å²) in [5.74, 6) is 1.72. The second-order valence-corrected chi connectivity index (χ2v) is 7.99. The Morgan fingerprint density at radius 2 is 1.23 bits per heavy atom. The fourth-order valence-electron chi connectivity index (χ4n) is 4.62. The number of rotatable bonds is 6. The van der Waals surface area contributed by atoms with Crippen molar-refractivity contribution in [2.24, 2.45) is 0 Å². The number of fused-ring (bicyclic) bond motifs is 1. The number of para-hydroxylation sites is 4. The van der Waals surface area contributed by atoms with Gasteiger partial charge in [0.1, 0.15) is 17.2 Å². The van der Waals surface area contributed by atoms with Gasteiger partial charge in [0, 0.05) is 16.7 Å². The van der Waals surface area contributed by atoms with Gasteiger partial charge >= 0.3 is 0 Å². The Morgan fingerprint density at radius 1 is 0.629 bits per heavy atom. The number of methoxy groups -OCH3 is 3. The van der Waals surface area contributed by atoms with Crippen molar-refractivity contribution >= 4 is 28.4 Å². The Bertz CT molecular complexity index is 1430. The van der Waals surface area contributed by atoms with Crippen LogP contribution in [0.25, 0.3) is 11.1 Å². The third kappa shape index (κ3) is 3.71. The molecule has 1 heterocycles. The topological polar surface area (TPSA) is 48.0 Å². The number of anilines is 2. The van der Waals surface area contributed by atoms with E-state index in [0.717, 1.165) is 22.3 Å². The number of hydrogen-bond acceptors (Lipinski definition) is 4. The van der Waals surface area contributed by atoms with Gasteiger partial charge in [-0.05, 0) is 29.8 Å². The van der Waals surface area contributed by atoms with E-state index >= 15 is 0 Å². The van der Waals surface area contributed by atoms with E-state index in [-0.39, 0.29) is 5.91 Å². The van der Waals surface area contributed by atoms with Gasteiger partial charge in [-0.15, -0.1) is 0 Å². The fourth-order valence-corrected chi connectivity index (χ4v) is 4.62. The van der Waals surface area contributed by atoms with E-state index in [2.05, 4.69) is 0 Å². The molecule has 0 bridgehead atoms. The molecule has 4 aromatic rings. The van der Waals surface area contributed by atoms with Crippen molar-refractivity contribution < 1.29 is 19.0 Å². The molecule has 0 radical (unpaired) electrons. The summed E-state index contributed by atoms with van der Waals surface area (Å²) in [6.07, 6.45) is 0. The van der Waals surface area contributed by atoms with Crippen molar-refractivity contribution in [3.05, 3.63) is 114 Å². The van der Waals surface area contributed by atoms with Crippen molar-refractivity contribution in [2.75, 3.05) is 26.2 Å². The van der Waals surface area contributed by atoms with E-state index in [1.54, 1.807) is 26.2 Å². The summed E-state index contributed by atoms with van der Waals surface area (Å²) < 4.78 is 17.1. The maximum absolute atomic E-state index is 14.4. The van der Waals surface area contributed by atoms with E-state index < -0.39 is 0 Å². The fraction of sp³-hybridized carbons (Fsp3) is 0.100. The number of hydrogen-bond donors (Lipinski definition) is 0. The van der Waals surface area contributed by atoms with Crippen LogP contribution in [0, 0.1) is 0 Å². The van der Waals surface area contributed by atoms with E-state index in [1.165, 1.54) is 0 Å². The molecule has 0 saturated carbocycles. The van der Waals surface area contributed by atoms with Crippen LogP contribution < -0.4 is 19.1 Å². The highest BCUT2D eigenvalue weighted by Crippen LogP contribution is 2.52. The molecule has 35 heavy (non-hydrogen) atoms. The largest absolute Gasteiger partial charge is 0.496 e. The van der Waals surface area contributed by atoms with Crippen LogP contribution in [0.3, 0.4) is 0 Å². The van der Waals surface area contributed by atoms with Crippen LogP contribution in [0.5, 0.6) is 17.2 Å². The van der Waals surface area contributed by atoms with E-state index in [9.17, 15) is 4.79 Å². The molecule has 5 heteroatoms. The lowest BCUT2D eigenvalue weighted by Crippen LogP contribution is -2.22. The second-order valence-electron chi connectivity index (χ2n) is 7.99. The van der Waals surface area contributed by atoms with Crippen LogP contribution in [0.2, 0.25) is 0 Å². The van der Waals surface area contributed by atoms with Gasteiger partial charge in [-0.2, -0.15) is 0 Å². The van der Waals surface area contributed by atoms with Crippen LogP contribution in [-0.2, 0) is 4.79 Å². The van der Waals surface area contributed by atoms with Crippen LogP contribution in [0.4, 0.5) is 11.4 Å². The summed E-state index contributed by atoms with van der Waals surface area (Å²) in [5, 5.41) is 0. The molecule has 0 aromatic heterocycles. The molecular weight excluding hydrogens is 438 g/mol. The number of benzene rings is 4. The van der Waals surface area contributed by atoms with Crippen molar-refractivity contribution in [2.45, 2.75) is 0 Å². The Kier molecular flexibility index (Phi) is 5.98. The highest BCUT2D eigenvalue weighted by atomic mass is 16.5. The molecule has 0 N–H and O–H groups in total. The Morgan fingerprint density at radius 3 is 1.94 bits per heavy atom. The predicted molar refractivity (Wildman–Crippen MR) is 138 cm³/mol. The Balaban J connectivity index is 1.90. The molecule has 0 unspecified atom stereocenters. The Labute approximate surface area is 204 Å². The zero-order valence-corrected chi connectivity index (χ0v) is 19.8. The molecule has 1 amide bonds. The number of amides is 1. The maximum atomic E-state index is 14.4. The first-order chi connectivity index (χ1) is 17.2. The highest BCUT2D eigenvalue weighted by Gasteiger charge is 2.40. The van der Waals surface area contributed by atoms with E-state index in [1.807, 2.05) is 97.1 Å². The molecule has 1 aliphatic heterocycles. The summed E-state index contributed by atoms with van der Waals surface area (Å²) >= 11 is 0. The van der Waals surface area contributed by atoms with Gasteiger partial charge in [-0.1, -0.05) is 72.8 Å². The van der Waals surface area contributed by atoms with Crippen molar-refractivity contribution in [1.29, 1.82) is 0 Å². The van der Waals surface area contributed by atoms with Crippen LogP contribution in [-0.4, -0.2) is 27.2 Å². The zero-order valence-electron chi connectivity index (χ0n) is 19.8. The molecule has 5 rings (SSSR count). The lowest BCUT2D eigenvalue weighted by atomic mass is 9.89. The summed E-state index contributed by atoms with van der Waals surface area (Å²) in [6.45, 7) is 0. The standard InChI is InChI=1S/C30H25NO4/c1-33-24-17-9-7-14-21(24)27(20-12-5-4-6-13-20)28-22-15-11-19-26(35-3)29(22)31(30(28)32)23-16-8-10-18-25(23)34-2/h4-19H,1-3H3/b28-27+. The average molecular weight is 464 g/mol. The summed E-state index contributed by atoms with van der Waals surface area (Å²) in [7, 11) is 4.85. The maximum Gasteiger partial charge on any atom is 0.264 e. The molecule has 0 spiro atoms. The van der Waals surface area contributed by atoms with Gasteiger partial charge in [0.2, 0.25) is 0 Å². The minimum atomic E-state index is -0.168. The molecule has 4 aromatic carbocycles. The van der Waals surface area contributed by atoms with Crippen molar-refractivity contribution in [3.63, 3.8) is 0 Å². The molecule has 5 nitrogen and oxygen atoms in total. The lowest BCUT2D eigenvalue weighted by Gasteiger charge is -2.21. The first-order valence-electron chi connectivity index (χ1n) is 11.3. The molecule has 174 valence electrons. The zero-order chi connectivity index (χ0) is 24.4. The number of nitrogens with zero attached hydrogens (tertiary/aromatic N) is 1. The smallest absolute Gasteiger partial charge is 0.264 e. The quantitative estimate of drug-likeness (QED) is 0.313. The van der Waals surface area contributed by atoms with Gasteiger partial charge in [-0.3, -0.25) is 9.69 Å². The van der Waals surface area contributed by atoms with Gasteiger partial charge in [0.05, 0.1) is 38.3 Å². The average Bonchev–Trinajstić information content (AvgIpc) is 3.21. The van der Waals surface area contributed by atoms with Gasteiger partial charge in [-0.25, -0.2) is 0 Å². The molecule has 0 saturated heterocycles. The molecular formula is C30H25NO4. The summed E-state index contributed by atoms with van der Waals surface area (Å²) in [4.78, 5) is 16.1. The van der Waals surface area contributed by atoms with Crippen LogP contribution in [0.1, 0.15) is 16.7 Å². The lowest BCUT2D eigenvalue weighted by molar-refractivity contribution is -0.112. The van der Waals surface area contributed by atoms with E-state index in [0.29, 0.717) is 34.2 Å². The monoisotopic (exact) mass is 463 g/mol. The molecule has 0 fully saturated rings. The van der Waals surface area contributed by atoms with Gasteiger partial charge in [0.25, 0.3) is 5.91 Å². The normalized spacial score (nSPS) is 13.9. The number of ether oxygens (including phenoxy) is 3. The van der Waals surface area contributed by atoms with Crippen LogP contribution >= 0.6 is 0 Å². The summed E-state index contributed by atoms with van der Waals surface area (Å²) in [5.41, 5.74) is 5.22. The van der Waals surface area contributed by atoms with E-state index in [4.69, 9.17) is 14.2 Å². The number of carbonyl (C=O) groups excluding carboxylic acids is 1. The van der Waals surface area contributed by atoms with Gasteiger partial charge < -0.3 is 14.2 Å². The Hall–Kier alpha value is -4.51. The highest BCUT2D eigenvalue weighted by molar-refractivity contribution is 6.41. The third-order valence-electron chi connectivity index (χ3n) is 6.14. The molecule has 1 aliphatic rings. The third-order valence-corrected chi connectivity index (χ3v) is 6.14. The first-order valence-corrected chi connectivity index (χ1v) is 11.3. The van der Waals surface area contributed by atoms with Crippen molar-refractivity contribution in [3.8, 4) is 17.2 Å². The SMILES string of the molecule is COc1ccccc1/C(=C1/C(=O)N(c2ccccc2OC)c2c(OC)cccc21)c1ccccc1. The van der Waals surface area contributed by atoms with Gasteiger partial charge in [0.15, 0.2) is 0 Å². The first kappa shape index (κ1) is 22.3. The van der Waals surface area contributed by atoms with Crippen LogP contribution in [0.15, 0.2) is 97.1 Å². The predicted octanol–water partition coefficient (Wildman–Crippen LogP) is 6.35. The second kappa shape index (κ2) is 9.39.